The lowest BCUT2D eigenvalue weighted by atomic mass is 9.90. The third-order valence-electron chi connectivity index (χ3n) is 3.85. The Labute approximate surface area is 135 Å². The van der Waals surface area contributed by atoms with Gasteiger partial charge in [-0.25, -0.2) is 0 Å². The maximum Gasteiger partial charge on any atom is 0.251 e. The van der Waals surface area contributed by atoms with Gasteiger partial charge in [0, 0.05) is 36.9 Å². The van der Waals surface area contributed by atoms with Crippen LogP contribution in [0.1, 0.15) is 50.9 Å². The number of rotatable bonds is 8. The molecule has 4 heteroatoms. The van der Waals surface area contributed by atoms with E-state index in [1.807, 2.05) is 31.2 Å². The van der Waals surface area contributed by atoms with E-state index in [4.69, 9.17) is 5.73 Å². The van der Waals surface area contributed by atoms with Crippen molar-refractivity contribution in [2.24, 2.45) is 11.7 Å². The lowest BCUT2D eigenvalue weighted by Crippen LogP contribution is -2.52. The summed E-state index contributed by atoms with van der Waals surface area (Å²) in [5.41, 5.74) is 7.30. The lowest BCUT2D eigenvalue weighted by Gasteiger charge is -2.31. The van der Waals surface area contributed by atoms with Crippen LogP contribution >= 0.6 is 0 Å². The minimum Gasteiger partial charge on any atom is -0.375 e. The lowest BCUT2D eigenvalue weighted by molar-refractivity contribution is 0.0898. The van der Waals surface area contributed by atoms with E-state index >= 15 is 0 Å². The molecular formula is C18H31N3O. The number of anilines is 1. The van der Waals surface area contributed by atoms with Gasteiger partial charge in [-0.3, -0.25) is 4.79 Å². The second kappa shape index (κ2) is 8.18. The van der Waals surface area contributed by atoms with Gasteiger partial charge in [0.2, 0.25) is 0 Å². The van der Waals surface area contributed by atoms with Gasteiger partial charge in [0.1, 0.15) is 0 Å². The molecule has 0 aliphatic carbocycles. The van der Waals surface area contributed by atoms with Gasteiger partial charge in [-0.15, -0.1) is 0 Å². The molecule has 3 N–H and O–H groups in total. The van der Waals surface area contributed by atoms with Gasteiger partial charge in [0.25, 0.3) is 5.91 Å². The Hall–Kier alpha value is -1.55. The van der Waals surface area contributed by atoms with E-state index < -0.39 is 0 Å². The van der Waals surface area contributed by atoms with Crippen molar-refractivity contribution in [3.8, 4) is 0 Å². The zero-order valence-electron chi connectivity index (χ0n) is 14.6. The standard InChI is InChI=1S/C18H31N3O/c1-6-11-21(5)16-9-7-15(8-10-16)17(22)20-18(4,13-19)12-14(2)3/h7-10,14H,6,11-13,19H2,1-5H3,(H,20,22). The topological polar surface area (TPSA) is 58.4 Å². The average Bonchev–Trinajstić information content (AvgIpc) is 2.46. The summed E-state index contributed by atoms with van der Waals surface area (Å²) < 4.78 is 0. The molecule has 0 saturated carbocycles. The number of nitrogens with two attached hydrogens (primary N) is 1. The first-order valence-electron chi connectivity index (χ1n) is 8.15. The number of carbonyl (C=O) groups is 1. The summed E-state index contributed by atoms with van der Waals surface area (Å²) in [5.74, 6) is 0.428. The molecule has 1 rings (SSSR count). The summed E-state index contributed by atoms with van der Waals surface area (Å²) in [7, 11) is 2.06. The number of benzene rings is 1. The molecule has 0 aliphatic heterocycles. The molecule has 0 radical (unpaired) electrons. The van der Waals surface area contributed by atoms with E-state index in [0.717, 1.165) is 25.1 Å². The van der Waals surface area contributed by atoms with Crippen LogP contribution in [-0.4, -0.2) is 31.6 Å². The first-order valence-corrected chi connectivity index (χ1v) is 8.15. The minimum absolute atomic E-state index is 0.0571. The Morgan fingerprint density at radius 3 is 2.36 bits per heavy atom. The molecule has 1 atom stereocenters. The van der Waals surface area contributed by atoms with Crippen molar-refractivity contribution in [1.82, 2.24) is 5.32 Å². The zero-order valence-corrected chi connectivity index (χ0v) is 14.6. The van der Waals surface area contributed by atoms with Gasteiger partial charge in [-0.05, 0) is 49.9 Å². The van der Waals surface area contributed by atoms with Gasteiger partial charge in [-0.2, -0.15) is 0 Å². The molecule has 0 aliphatic rings. The van der Waals surface area contributed by atoms with Crippen LogP contribution in [0.2, 0.25) is 0 Å². The smallest absolute Gasteiger partial charge is 0.251 e. The SMILES string of the molecule is CCCN(C)c1ccc(C(=O)NC(C)(CN)CC(C)C)cc1. The van der Waals surface area contributed by atoms with Crippen LogP contribution in [0.5, 0.6) is 0 Å². The number of nitrogens with one attached hydrogen (secondary N) is 1. The quantitative estimate of drug-likeness (QED) is 0.776. The van der Waals surface area contributed by atoms with Gasteiger partial charge in [0.15, 0.2) is 0 Å². The van der Waals surface area contributed by atoms with Crippen LogP contribution in [-0.2, 0) is 0 Å². The Bertz CT molecular complexity index is 470. The monoisotopic (exact) mass is 305 g/mol. The van der Waals surface area contributed by atoms with E-state index in [-0.39, 0.29) is 11.4 Å². The molecule has 0 fully saturated rings. The van der Waals surface area contributed by atoms with Gasteiger partial charge >= 0.3 is 0 Å². The highest BCUT2D eigenvalue weighted by Gasteiger charge is 2.26. The molecule has 0 spiro atoms. The van der Waals surface area contributed by atoms with E-state index in [9.17, 15) is 4.79 Å². The third-order valence-corrected chi connectivity index (χ3v) is 3.85. The van der Waals surface area contributed by atoms with Crippen LogP contribution < -0.4 is 16.0 Å². The zero-order chi connectivity index (χ0) is 16.8. The highest BCUT2D eigenvalue weighted by atomic mass is 16.1. The van der Waals surface area contributed by atoms with Crippen LogP contribution in [0.3, 0.4) is 0 Å². The normalized spacial score (nSPS) is 13.8. The predicted octanol–water partition coefficient (Wildman–Crippen LogP) is 3.03. The Balaban J connectivity index is 2.77. The van der Waals surface area contributed by atoms with Crippen molar-refractivity contribution in [2.45, 2.75) is 46.1 Å². The molecule has 1 amide bonds. The van der Waals surface area contributed by atoms with Crippen LogP contribution in [0, 0.1) is 5.92 Å². The Morgan fingerprint density at radius 2 is 1.91 bits per heavy atom. The van der Waals surface area contributed by atoms with Crippen LogP contribution in [0.25, 0.3) is 0 Å². The van der Waals surface area contributed by atoms with Gasteiger partial charge < -0.3 is 16.0 Å². The van der Waals surface area contributed by atoms with Crippen molar-refractivity contribution >= 4 is 11.6 Å². The van der Waals surface area contributed by atoms with Crippen molar-refractivity contribution in [2.75, 3.05) is 25.0 Å². The molecule has 0 aromatic heterocycles. The molecule has 4 nitrogen and oxygen atoms in total. The van der Waals surface area contributed by atoms with E-state index in [1.54, 1.807) is 0 Å². The largest absolute Gasteiger partial charge is 0.375 e. The van der Waals surface area contributed by atoms with Gasteiger partial charge in [-0.1, -0.05) is 20.8 Å². The highest BCUT2D eigenvalue weighted by molar-refractivity contribution is 5.95. The predicted molar refractivity (Wildman–Crippen MR) is 94.4 cm³/mol. The fourth-order valence-corrected chi connectivity index (χ4v) is 2.76. The van der Waals surface area contributed by atoms with E-state index in [2.05, 4.69) is 38.0 Å². The second-order valence-electron chi connectivity index (χ2n) is 6.79. The third kappa shape index (κ3) is 5.34. The average molecular weight is 305 g/mol. The van der Waals surface area contributed by atoms with E-state index in [1.165, 1.54) is 0 Å². The Kier molecular flexibility index (Phi) is 6.88. The fourth-order valence-electron chi connectivity index (χ4n) is 2.76. The summed E-state index contributed by atoms with van der Waals surface area (Å²) >= 11 is 0. The van der Waals surface area contributed by atoms with Crippen molar-refractivity contribution in [3.05, 3.63) is 29.8 Å². The van der Waals surface area contributed by atoms with Crippen molar-refractivity contribution in [1.29, 1.82) is 0 Å². The first-order chi connectivity index (χ1) is 10.3. The summed E-state index contributed by atoms with van der Waals surface area (Å²) in [6, 6.07) is 7.74. The Morgan fingerprint density at radius 1 is 1.32 bits per heavy atom. The maximum atomic E-state index is 12.4. The summed E-state index contributed by atoms with van der Waals surface area (Å²) in [6.45, 7) is 9.88. The van der Waals surface area contributed by atoms with E-state index in [0.29, 0.717) is 18.0 Å². The van der Waals surface area contributed by atoms with Crippen molar-refractivity contribution < 1.29 is 4.79 Å². The maximum absolute atomic E-state index is 12.4. The second-order valence-corrected chi connectivity index (χ2v) is 6.79. The van der Waals surface area contributed by atoms with Crippen LogP contribution in [0.15, 0.2) is 24.3 Å². The van der Waals surface area contributed by atoms with Crippen molar-refractivity contribution in [3.63, 3.8) is 0 Å². The summed E-state index contributed by atoms with van der Waals surface area (Å²) in [6.07, 6.45) is 1.97. The molecule has 0 bridgehead atoms. The molecule has 0 heterocycles. The fraction of sp³-hybridized carbons (Fsp3) is 0.611. The summed E-state index contributed by atoms with van der Waals surface area (Å²) in [4.78, 5) is 14.6. The number of nitrogens with zero attached hydrogens (tertiary/aromatic N) is 1. The number of hydrogen-bond acceptors (Lipinski definition) is 3. The minimum atomic E-state index is -0.358. The molecular weight excluding hydrogens is 274 g/mol. The highest BCUT2D eigenvalue weighted by Crippen LogP contribution is 2.18. The summed E-state index contributed by atoms with van der Waals surface area (Å²) in [5, 5.41) is 3.09. The van der Waals surface area contributed by atoms with Crippen LogP contribution in [0.4, 0.5) is 5.69 Å². The molecule has 22 heavy (non-hydrogen) atoms. The van der Waals surface area contributed by atoms with Gasteiger partial charge in [0.05, 0.1) is 0 Å². The molecule has 1 aromatic rings. The number of amides is 1. The number of hydrogen-bond donors (Lipinski definition) is 2. The molecule has 124 valence electrons. The first kappa shape index (κ1) is 18.5. The molecule has 0 saturated heterocycles. The molecule has 1 aromatic carbocycles. The number of carbonyl (C=O) groups excluding carboxylic acids is 1. The molecule has 1 unspecified atom stereocenters.